The lowest BCUT2D eigenvalue weighted by molar-refractivity contribution is -0.295. The largest absolute Gasteiger partial charge is 0.459 e. The van der Waals surface area contributed by atoms with Gasteiger partial charge in [-0.15, -0.1) is 0 Å². The van der Waals surface area contributed by atoms with Crippen LogP contribution in [0, 0.1) is 23.7 Å². The number of rotatable bonds is 9. The first-order valence-electron chi connectivity index (χ1n) is 19.8. The highest BCUT2D eigenvalue weighted by molar-refractivity contribution is 6.00. The standard InChI is InChI=1S/C42H64N2O12/c1-12-32-42(8,48)37-27(4)33(43-52-24-49-11)25(2)23-41(7,51-21-17-16-20-50-37)36(28(5)34(45)29(6)38(46)54-32)56-40-35(31(44(9)10)22-26(3)53-40)55-39(47)30-18-14-13-15-19-30/h13-19,25-29,31-32,35-37,40,48H,12,20-24H2,1-11H3/b17-16+,43-33+/t25-,26-,27+,28-,29?,31+,32-,35-,36-,37-,40+,41+,42-/m1/s1. The van der Waals surface area contributed by atoms with Gasteiger partial charge in [-0.25, -0.2) is 4.79 Å². The maximum Gasteiger partial charge on any atom is 0.338 e. The molecular formula is C42H64N2O12. The lowest BCUT2D eigenvalue weighted by Gasteiger charge is -2.48. The SMILES string of the molecule is CC[C@H]1OC(=O)C(C)C(=O)[C@@H](C)[C@@H](O[C@@H]2O[C@H](C)C[C@H](N(C)C)[C@H]2OC(=O)c2ccccc2)[C@]2(C)C[C@@H](C)/C(=N\OCOC)[C@H](C)[C@@H](OC/C=C/CO2)[C@]1(C)O. The van der Waals surface area contributed by atoms with Gasteiger partial charge in [-0.1, -0.05) is 63.2 Å². The Morgan fingerprint density at radius 3 is 2.34 bits per heavy atom. The number of Topliss-reactive ketones (excluding diaryl/α,β-unsaturated/α-hetero) is 1. The first kappa shape index (κ1) is 45.5. The van der Waals surface area contributed by atoms with Crippen LogP contribution in [0.2, 0.25) is 0 Å². The molecule has 0 saturated carbocycles. The Morgan fingerprint density at radius 2 is 1.70 bits per heavy atom. The van der Waals surface area contributed by atoms with E-state index in [1.165, 1.54) is 14.0 Å². The highest BCUT2D eigenvalue weighted by Crippen LogP contribution is 2.40. The zero-order chi connectivity index (χ0) is 41.4. The normalized spacial score (nSPS) is 39.1. The van der Waals surface area contributed by atoms with Crippen LogP contribution in [0.1, 0.15) is 85.0 Å². The van der Waals surface area contributed by atoms with Crippen molar-refractivity contribution in [3.63, 3.8) is 0 Å². The van der Waals surface area contributed by atoms with Gasteiger partial charge >= 0.3 is 11.9 Å². The third kappa shape index (κ3) is 10.6. The number of fused-ring (bicyclic) bond motifs is 5. The molecule has 0 amide bonds. The van der Waals surface area contributed by atoms with E-state index < -0.39 is 83.3 Å². The fraction of sp³-hybridized carbons (Fsp3) is 0.714. The molecule has 1 aromatic carbocycles. The summed E-state index contributed by atoms with van der Waals surface area (Å²) in [6.07, 6.45) is -0.751. The molecule has 3 heterocycles. The van der Waals surface area contributed by atoms with E-state index >= 15 is 0 Å². The Labute approximate surface area is 332 Å². The molecule has 13 atom stereocenters. The molecule has 1 N–H and O–H groups in total. The molecule has 3 aliphatic rings. The molecule has 3 aliphatic heterocycles. The minimum absolute atomic E-state index is 0.107. The molecule has 2 bridgehead atoms. The molecule has 0 aromatic heterocycles. The van der Waals surface area contributed by atoms with Gasteiger partial charge in [0.1, 0.15) is 17.6 Å². The van der Waals surface area contributed by atoms with E-state index in [9.17, 15) is 19.5 Å². The van der Waals surface area contributed by atoms with Crippen molar-refractivity contribution in [3.05, 3.63) is 48.0 Å². The Kier molecular flexibility index (Phi) is 16.2. The van der Waals surface area contributed by atoms with Crippen molar-refractivity contribution >= 4 is 23.4 Å². The van der Waals surface area contributed by atoms with Crippen LogP contribution in [-0.4, -0.2) is 129 Å². The number of ether oxygens (including phenoxy) is 7. The fourth-order valence-corrected chi connectivity index (χ4v) is 8.42. The molecule has 1 aromatic rings. The van der Waals surface area contributed by atoms with Crippen molar-refractivity contribution in [2.24, 2.45) is 28.8 Å². The van der Waals surface area contributed by atoms with E-state index in [0.29, 0.717) is 17.7 Å². The lowest BCUT2D eigenvalue weighted by Crippen LogP contribution is -2.61. The van der Waals surface area contributed by atoms with Gasteiger partial charge in [-0.2, -0.15) is 0 Å². The molecule has 56 heavy (non-hydrogen) atoms. The predicted molar refractivity (Wildman–Crippen MR) is 208 cm³/mol. The molecular weight excluding hydrogens is 724 g/mol. The third-order valence-electron chi connectivity index (χ3n) is 11.5. The number of hydrogen-bond donors (Lipinski definition) is 1. The quantitative estimate of drug-likeness (QED) is 0.0894. The van der Waals surface area contributed by atoms with E-state index in [1.807, 2.05) is 58.8 Å². The molecule has 0 aliphatic carbocycles. The number of hydrogen-bond acceptors (Lipinski definition) is 14. The van der Waals surface area contributed by atoms with Gasteiger partial charge in [0.05, 0.1) is 54.4 Å². The second-order valence-electron chi connectivity index (χ2n) is 16.1. The van der Waals surface area contributed by atoms with Gasteiger partial charge in [-0.05, 0) is 73.2 Å². The average molecular weight is 789 g/mol. The number of carbonyl (C=O) groups excluding carboxylic acids is 3. The number of benzene rings is 1. The van der Waals surface area contributed by atoms with Crippen molar-refractivity contribution in [2.45, 2.75) is 129 Å². The van der Waals surface area contributed by atoms with Crippen LogP contribution in [0.3, 0.4) is 0 Å². The van der Waals surface area contributed by atoms with Gasteiger partial charge < -0.3 is 48.0 Å². The topological polar surface area (TPSA) is 161 Å². The van der Waals surface area contributed by atoms with Crippen molar-refractivity contribution in [3.8, 4) is 0 Å². The van der Waals surface area contributed by atoms with E-state index in [4.69, 9.17) is 38.0 Å². The summed E-state index contributed by atoms with van der Waals surface area (Å²) in [7, 11) is 5.29. The molecule has 0 radical (unpaired) electrons. The molecule has 2 saturated heterocycles. The minimum atomic E-state index is -1.71. The van der Waals surface area contributed by atoms with E-state index in [0.717, 1.165) is 0 Å². The summed E-state index contributed by atoms with van der Waals surface area (Å²) < 4.78 is 44.0. The number of cyclic esters (lactones) is 1. The van der Waals surface area contributed by atoms with Crippen molar-refractivity contribution < 1.29 is 57.5 Å². The van der Waals surface area contributed by atoms with Crippen molar-refractivity contribution in [1.82, 2.24) is 4.90 Å². The number of likely N-dealkylation sites (N-methyl/N-ethyl adjacent to an activating group) is 1. The molecule has 0 spiro atoms. The predicted octanol–water partition coefficient (Wildman–Crippen LogP) is 4.96. The first-order valence-corrected chi connectivity index (χ1v) is 19.8. The number of nitrogens with zero attached hydrogens (tertiary/aromatic N) is 2. The Balaban J connectivity index is 1.91. The van der Waals surface area contributed by atoms with Gasteiger partial charge in [0.15, 0.2) is 18.2 Å². The number of aliphatic hydroxyl groups is 1. The number of esters is 2. The second-order valence-corrected chi connectivity index (χ2v) is 16.1. The zero-order valence-corrected chi connectivity index (χ0v) is 35.0. The van der Waals surface area contributed by atoms with E-state index in [2.05, 4.69) is 5.16 Å². The van der Waals surface area contributed by atoms with Gasteiger partial charge in [-0.3, -0.25) is 9.59 Å². The highest BCUT2D eigenvalue weighted by atomic mass is 16.7. The Hall–Kier alpha value is -3.24. The number of ketones is 1. The summed E-state index contributed by atoms with van der Waals surface area (Å²) in [5.41, 5.74) is -2.07. The second kappa shape index (κ2) is 20.0. The molecule has 2 fully saturated rings. The van der Waals surface area contributed by atoms with Gasteiger partial charge in [0, 0.05) is 24.9 Å². The van der Waals surface area contributed by atoms with Gasteiger partial charge in [0.25, 0.3) is 0 Å². The summed E-state index contributed by atoms with van der Waals surface area (Å²) in [6.45, 7) is 14.3. The molecule has 14 heteroatoms. The van der Waals surface area contributed by atoms with Crippen LogP contribution in [0.4, 0.5) is 0 Å². The minimum Gasteiger partial charge on any atom is -0.459 e. The smallest absolute Gasteiger partial charge is 0.338 e. The summed E-state index contributed by atoms with van der Waals surface area (Å²) in [4.78, 5) is 49.6. The number of carbonyl (C=O) groups is 3. The third-order valence-corrected chi connectivity index (χ3v) is 11.5. The summed E-state index contributed by atoms with van der Waals surface area (Å²) in [5.74, 6) is -4.99. The summed E-state index contributed by atoms with van der Waals surface area (Å²) >= 11 is 0. The monoisotopic (exact) mass is 788 g/mol. The van der Waals surface area contributed by atoms with Crippen LogP contribution >= 0.6 is 0 Å². The van der Waals surface area contributed by atoms with Crippen LogP contribution in [0.5, 0.6) is 0 Å². The number of methoxy groups -OCH3 is 1. The molecule has 314 valence electrons. The Bertz CT molecular complexity index is 1520. The maximum absolute atomic E-state index is 14.6. The molecule has 1 unspecified atom stereocenters. The maximum atomic E-state index is 14.6. The zero-order valence-electron chi connectivity index (χ0n) is 35.0. The van der Waals surface area contributed by atoms with Crippen molar-refractivity contribution in [2.75, 3.05) is 41.2 Å². The van der Waals surface area contributed by atoms with Crippen molar-refractivity contribution in [1.29, 1.82) is 0 Å². The van der Waals surface area contributed by atoms with Crippen LogP contribution in [0.25, 0.3) is 0 Å². The Morgan fingerprint density at radius 1 is 1.02 bits per heavy atom. The first-order chi connectivity index (χ1) is 26.5. The van der Waals surface area contributed by atoms with E-state index in [-0.39, 0.29) is 45.0 Å². The lowest BCUT2D eigenvalue weighted by atomic mass is 9.73. The molecule has 14 nitrogen and oxygen atoms in total. The molecule has 4 rings (SSSR count). The summed E-state index contributed by atoms with van der Waals surface area (Å²) in [5, 5.41) is 16.8. The van der Waals surface area contributed by atoms with Gasteiger partial charge in [0.2, 0.25) is 6.79 Å². The average Bonchev–Trinajstić information content (AvgIpc) is 3.16. The highest BCUT2D eigenvalue weighted by Gasteiger charge is 2.53. The van der Waals surface area contributed by atoms with Crippen LogP contribution < -0.4 is 0 Å². The fourth-order valence-electron chi connectivity index (χ4n) is 8.42. The van der Waals surface area contributed by atoms with Crippen LogP contribution in [0.15, 0.2) is 47.6 Å². The number of oxime groups is 1. The summed E-state index contributed by atoms with van der Waals surface area (Å²) in [6, 6.07) is 8.38. The van der Waals surface area contributed by atoms with E-state index in [1.54, 1.807) is 51.1 Å². The van der Waals surface area contributed by atoms with Crippen LogP contribution in [-0.2, 0) is 47.6 Å².